The molecular formula is C18H24N6O3. The average Bonchev–Trinajstić information content (AvgIpc) is 2.70. The van der Waals surface area contributed by atoms with Crippen molar-refractivity contribution in [3.8, 4) is 5.75 Å². The largest absolute Gasteiger partial charge is 0.494 e. The van der Waals surface area contributed by atoms with Crippen LogP contribution in [0.5, 0.6) is 5.75 Å². The minimum atomic E-state index is -0.276. The highest BCUT2D eigenvalue weighted by molar-refractivity contribution is 5.68. The summed E-state index contributed by atoms with van der Waals surface area (Å²) in [5, 5.41) is 11.4. The lowest BCUT2D eigenvalue weighted by molar-refractivity contribution is 0.105. The molecule has 0 aliphatic carbocycles. The van der Waals surface area contributed by atoms with Gasteiger partial charge in [-0.2, -0.15) is 10.1 Å². The van der Waals surface area contributed by atoms with E-state index in [1.807, 2.05) is 36.1 Å². The molecule has 9 heteroatoms. The van der Waals surface area contributed by atoms with E-state index in [1.54, 1.807) is 18.0 Å². The molecule has 1 N–H and O–H groups in total. The summed E-state index contributed by atoms with van der Waals surface area (Å²) in [5.41, 5.74) is 0.886. The molecule has 1 saturated heterocycles. The second-order valence-electron chi connectivity index (χ2n) is 5.90. The normalized spacial score (nSPS) is 14.0. The van der Waals surface area contributed by atoms with Gasteiger partial charge in [-0.25, -0.2) is 4.79 Å². The second kappa shape index (κ2) is 9.02. The molecule has 1 aromatic carbocycles. The monoisotopic (exact) mass is 372 g/mol. The molecule has 1 amide bonds. The minimum absolute atomic E-state index is 0.276. The van der Waals surface area contributed by atoms with E-state index in [-0.39, 0.29) is 6.09 Å². The van der Waals surface area contributed by atoms with Gasteiger partial charge in [0, 0.05) is 31.9 Å². The number of aromatic nitrogens is 3. The van der Waals surface area contributed by atoms with Gasteiger partial charge in [0.05, 0.1) is 19.4 Å². The number of carbonyl (C=O) groups excluding carboxylic acids is 1. The second-order valence-corrected chi connectivity index (χ2v) is 5.90. The van der Waals surface area contributed by atoms with Gasteiger partial charge in [0.15, 0.2) is 5.82 Å². The van der Waals surface area contributed by atoms with Crippen LogP contribution in [0.3, 0.4) is 0 Å². The van der Waals surface area contributed by atoms with Gasteiger partial charge in [0.1, 0.15) is 5.75 Å². The zero-order chi connectivity index (χ0) is 19.1. The van der Waals surface area contributed by atoms with Gasteiger partial charge in [0.2, 0.25) is 5.95 Å². The van der Waals surface area contributed by atoms with Crippen LogP contribution in [0.25, 0.3) is 0 Å². The van der Waals surface area contributed by atoms with Crippen LogP contribution in [-0.4, -0.2) is 65.6 Å². The Morgan fingerprint density at radius 2 is 1.85 bits per heavy atom. The average molecular weight is 372 g/mol. The maximum absolute atomic E-state index is 11.8. The Balaban J connectivity index is 1.60. The van der Waals surface area contributed by atoms with Gasteiger partial charge < -0.3 is 24.6 Å². The minimum Gasteiger partial charge on any atom is -0.494 e. The number of benzene rings is 1. The van der Waals surface area contributed by atoms with E-state index in [9.17, 15) is 4.79 Å². The Morgan fingerprint density at radius 3 is 2.52 bits per heavy atom. The molecule has 9 nitrogen and oxygen atoms in total. The van der Waals surface area contributed by atoms with E-state index in [0.717, 1.165) is 11.4 Å². The predicted molar refractivity (Wildman–Crippen MR) is 102 cm³/mol. The van der Waals surface area contributed by atoms with Crippen molar-refractivity contribution in [1.82, 2.24) is 20.1 Å². The summed E-state index contributed by atoms with van der Waals surface area (Å²) in [6.45, 7) is 7.17. The number of hydrogen-bond acceptors (Lipinski definition) is 8. The van der Waals surface area contributed by atoms with Gasteiger partial charge in [-0.3, -0.25) is 0 Å². The number of nitrogens with one attached hydrogen (secondary N) is 1. The van der Waals surface area contributed by atoms with E-state index >= 15 is 0 Å². The molecule has 1 aliphatic heterocycles. The first kappa shape index (κ1) is 18.7. The molecule has 2 heterocycles. The number of nitrogens with zero attached hydrogens (tertiary/aromatic N) is 5. The lowest BCUT2D eigenvalue weighted by atomic mass is 10.3. The molecule has 0 saturated carbocycles. The maximum atomic E-state index is 11.8. The lowest BCUT2D eigenvalue weighted by Gasteiger charge is -2.33. The highest BCUT2D eigenvalue weighted by atomic mass is 16.6. The fraction of sp³-hybridized carbons (Fsp3) is 0.444. The Bertz CT molecular complexity index is 747. The number of amides is 1. The van der Waals surface area contributed by atoms with Crippen LogP contribution in [0.15, 0.2) is 30.5 Å². The summed E-state index contributed by atoms with van der Waals surface area (Å²) in [7, 11) is 0. The molecule has 0 bridgehead atoms. The van der Waals surface area contributed by atoms with Crippen LogP contribution < -0.4 is 15.0 Å². The molecule has 0 spiro atoms. The molecule has 0 unspecified atom stereocenters. The van der Waals surface area contributed by atoms with Gasteiger partial charge >= 0.3 is 6.09 Å². The van der Waals surface area contributed by atoms with Crippen LogP contribution in [0.2, 0.25) is 0 Å². The number of anilines is 3. The number of hydrogen-bond donors (Lipinski definition) is 1. The third-order valence-electron chi connectivity index (χ3n) is 4.07. The standard InChI is InChI=1S/C18H24N6O3/c1-3-26-15-7-5-14(6-8-15)20-16-13-19-22-17(21-16)23-9-11-24(12-10-23)18(25)27-4-2/h5-8,13H,3-4,9-12H2,1-2H3,(H,20,21,22). The van der Waals surface area contributed by atoms with Crippen LogP contribution in [-0.2, 0) is 4.74 Å². The van der Waals surface area contributed by atoms with Crippen molar-refractivity contribution >= 4 is 23.5 Å². The zero-order valence-electron chi connectivity index (χ0n) is 15.6. The van der Waals surface area contributed by atoms with E-state index < -0.39 is 0 Å². The van der Waals surface area contributed by atoms with Crippen molar-refractivity contribution in [2.75, 3.05) is 49.6 Å². The third-order valence-corrected chi connectivity index (χ3v) is 4.07. The fourth-order valence-corrected chi connectivity index (χ4v) is 2.74. The molecular weight excluding hydrogens is 348 g/mol. The van der Waals surface area contributed by atoms with Crippen LogP contribution >= 0.6 is 0 Å². The Morgan fingerprint density at radius 1 is 1.11 bits per heavy atom. The van der Waals surface area contributed by atoms with Crippen LogP contribution in [0.4, 0.5) is 22.2 Å². The summed E-state index contributed by atoms with van der Waals surface area (Å²) in [5.74, 6) is 1.97. The highest BCUT2D eigenvalue weighted by Crippen LogP contribution is 2.20. The van der Waals surface area contributed by atoms with Crippen molar-refractivity contribution < 1.29 is 14.3 Å². The predicted octanol–water partition coefficient (Wildman–Crippen LogP) is 2.29. The van der Waals surface area contributed by atoms with Crippen LogP contribution in [0.1, 0.15) is 13.8 Å². The molecule has 27 heavy (non-hydrogen) atoms. The van der Waals surface area contributed by atoms with Crippen molar-refractivity contribution in [2.45, 2.75) is 13.8 Å². The van der Waals surface area contributed by atoms with Crippen molar-refractivity contribution in [2.24, 2.45) is 0 Å². The Kier molecular flexibility index (Phi) is 6.24. The Hall–Kier alpha value is -3.10. The first-order chi connectivity index (χ1) is 13.2. The molecule has 1 aliphatic rings. The van der Waals surface area contributed by atoms with Gasteiger partial charge in [-0.05, 0) is 38.1 Å². The van der Waals surface area contributed by atoms with E-state index in [1.165, 1.54) is 0 Å². The number of piperazine rings is 1. The summed E-state index contributed by atoms with van der Waals surface area (Å²) < 4.78 is 10.5. The first-order valence-corrected chi connectivity index (χ1v) is 9.06. The third kappa shape index (κ3) is 4.96. The molecule has 0 radical (unpaired) electrons. The molecule has 1 fully saturated rings. The summed E-state index contributed by atoms with van der Waals surface area (Å²) in [6.07, 6.45) is 1.30. The molecule has 1 aromatic heterocycles. The number of rotatable bonds is 6. The van der Waals surface area contributed by atoms with Gasteiger partial charge in [0.25, 0.3) is 0 Å². The quantitative estimate of drug-likeness (QED) is 0.826. The molecule has 0 atom stereocenters. The summed E-state index contributed by atoms with van der Waals surface area (Å²) in [6, 6.07) is 7.64. The fourth-order valence-electron chi connectivity index (χ4n) is 2.74. The smallest absolute Gasteiger partial charge is 0.409 e. The summed E-state index contributed by atoms with van der Waals surface area (Å²) >= 11 is 0. The van der Waals surface area contributed by atoms with Crippen LogP contribution in [0, 0.1) is 0 Å². The van der Waals surface area contributed by atoms with E-state index in [2.05, 4.69) is 20.5 Å². The number of carbonyl (C=O) groups is 1. The van der Waals surface area contributed by atoms with Crippen molar-refractivity contribution in [1.29, 1.82) is 0 Å². The number of ether oxygens (including phenoxy) is 2. The highest BCUT2D eigenvalue weighted by Gasteiger charge is 2.23. The molecule has 3 rings (SSSR count). The lowest BCUT2D eigenvalue weighted by Crippen LogP contribution is -2.49. The van der Waals surface area contributed by atoms with Gasteiger partial charge in [-0.1, -0.05) is 0 Å². The maximum Gasteiger partial charge on any atom is 0.409 e. The first-order valence-electron chi connectivity index (χ1n) is 9.06. The zero-order valence-corrected chi connectivity index (χ0v) is 15.6. The molecule has 2 aromatic rings. The Labute approximate surface area is 158 Å². The van der Waals surface area contributed by atoms with Crippen molar-refractivity contribution in [3.05, 3.63) is 30.5 Å². The van der Waals surface area contributed by atoms with E-state index in [0.29, 0.717) is 51.2 Å². The van der Waals surface area contributed by atoms with E-state index in [4.69, 9.17) is 9.47 Å². The van der Waals surface area contributed by atoms with Gasteiger partial charge in [-0.15, -0.1) is 5.10 Å². The SMILES string of the molecule is CCOC(=O)N1CCN(c2nncc(Nc3ccc(OCC)cc3)n2)CC1. The topological polar surface area (TPSA) is 92.7 Å². The van der Waals surface area contributed by atoms with Crippen molar-refractivity contribution in [3.63, 3.8) is 0 Å². The molecule has 144 valence electrons. The summed E-state index contributed by atoms with van der Waals surface area (Å²) in [4.78, 5) is 20.0.